The monoisotopic (exact) mass is 747 g/mol. The zero-order valence-electron chi connectivity index (χ0n) is 30.3. The molecule has 0 aliphatic rings. The molecule has 0 saturated carbocycles. The van der Waals surface area contributed by atoms with Gasteiger partial charge in [-0.3, -0.25) is 0 Å². The third-order valence-corrected chi connectivity index (χ3v) is 12.2. The number of hydrogen-bond donors (Lipinski definition) is 0. The molecule has 8 aromatic carbocycles. The maximum absolute atomic E-state index is 6.81. The number of thiophene rings is 1. The first-order valence-corrected chi connectivity index (χ1v) is 19.8. The Bertz CT molecular complexity index is 3470. The molecule has 0 spiro atoms. The first-order valence-electron chi connectivity index (χ1n) is 18.9. The molecule has 0 bridgehead atoms. The van der Waals surface area contributed by atoms with E-state index in [0.717, 1.165) is 92.9 Å². The maximum Gasteiger partial charge on any atom is 0.165 e. The fourth-order valence-electron chi connectivity index (χ4n) is 8.40. The summed E-state index contributed by atoms with van der Waals surface area (Å²) in [6, 6.07) is 60.7. The van der Waals surface area contributed by atoms with E-state index in [1.54, 1.807) is 11.3 Å². The van der Waals surface area contributed by atoms with Crippen molar-refractivity contribution in [3.63, 3.8) is 0 Å². The topological polar surface area (TPSA) is 65.0 Å². The smallest absolute Gasteiger partial charge is 0.165 e. The fourth-order valence-corrected chi connectivity index (χ4v) is 9.64. The molecule has 0 saturated heterocycles. The number of nitrogens with zero attached hydrogens (tertiary/aromatic N) is 3. The van der Waals surface area contributed by atoms with Gasteiger partial charge in [0, 0.05) is 69.5 Å². The van der Waals surface area contributed by atoms with Crippen molar-refractivity contribution in [2.45, 2.75) is 0 Å². The summed E-state index contributed by atoms with van der Waals surface area (Å²) in [5, 5.41) is 6.70. The van der Waals surface area contributed by atoms with E-state index < -0.39 is 0 Å². The first-order chi connectivity index (χ1) is 28.3. The molecular weight excluding hydrogens is 719 g/mol. The van der Waals surface area contributed by atoms with Crippen LogP contribution < -0.4 is 0 Å². The van der Waals surface area contributed by atoms with E-state index in [0.29, 0.717) is 17.5 Å². The summed E-state index contributed by atoms with van der Waals surface area (Å²) in [5.74, 6) is 1.94. The normalized spacial score (nSPS) is 11.9. The predicted octanol–water partition coefficient (Wildman–Crippen LogP) is 14.4. The minimum absolute atomic E-state index is 0.644. The lowest BCUT2D eigenvalue weighted by Gasteiger charge is -2.11. The van der Waals surface area contributed by atoms with Gasteiger partial charge in [0.2, 0.25) is 0 Å². The molecule has 0 N–H and O–H groups in total. The second-order valence-corrected chi connectivity index (χ2v) is 15.3. The van der Waals surface area contributed by atoms with Gasteiger partial charge in [-0.1, -0.05) is 146 Å². The molecule has 5 nitrogen and oxygen atoms in total. The summed E-state index contributed by atoms with van der Waals surface area (Å²) in [7, 11) is 0. The third-order valence-electron chi connectivity index (χ3n) is 11.0. The minimum Gasteiger partial charge on any atom is -0.455 e. The number of rotatable bonds is 5. The van der Waals surface area contributed by atoms with Crippen molar-refractivity contribution in [1.29, 1.82) is 0 Å². The van der Waals surface area contributed by atoms with Crippen LogP contribution in [0.25, 0.3) is 120 Å². The van der Waals surface area contributed by atoms with Gasteiger partial charge >= 0.3 is 0 Å². The molecule has 0 atom stereocenters. The average molecular weight is 748 g/mol. The number of aromatic nitrogens is 3. The van der Waals surface area contributed by atoms with Crippen molar-refractivity contribution in [1.82, 2.24) is 15.0 Å². The van der Waals surface area contributed by atoms with Gasteiger partial charge in [0.05, 0.1) is 0 Å². The van der Waals surface area contributed by atoms with Crippen LogP contribution in [0.3, 0.4) is 0 Å². The Balaban J connectivity index is 1.09. The van der Waals surface area contributed by atoms with E-state index in [2.05, 4.69) is 97.1 Å². The maximum atomic E-state index is 6.81. The van der Waals surface area contributed by atoms with Gasteiger partial charge < -0.3 is 8.83 Å². The first kappa shape index (κ1) is 31.9. The second-order valence-electron chi connectivity index (χ2n) is 14.2. The van der Waals surface area contributed by atoms with E-state index in [-0.39, 0.29) is 0 Å². The average Bonchev–Trinajstić information content (AvgIpc) is 3.98. The number of fused-ring (bicyclic) bond motifs is 9. The molecule has 0 aliphatic carbocycles. The van der Waals surface area contributed by atoms with Gasteiger partial charge in [0.1, 0.15) is 22.3 Å². The van der Waals surface area contributed by atoms with E-state index >= 15 is 0 Å². The van der Waals surface area contributed by atoms with Gasteiger partial charge in [-0.25, -0.2) is 15.0 Å². The van der Waals surface area contributed by atoms with Gasteiger partial charge in [-0.2, -0.15) is 0 Å². The summed E-state index contributed by atoms with van der Waals surface area (Å²) < 4.78 is 15.7. The van der Waals surface area contributed by atoms with Crippen LogP contribution in [-0.4, -0.2) is 15.0 Å². The van der Waals surface area contributed by atoms with Crippen molar-refractivity contribution in [2.75, 3.05) is 0 Å². The zero-order chi connectivity index (χ0) is 37.5. The Morgan fingerprint density at radius 1 is 0.333 bits per heavy atom. The summed E-state index contributed by atoms with van der Waals surface area (Å²) in [6.45, 7) is 0. The van der Waals surface area contributed by atoms with Crippen LogP contribution >= 0.6 is 11.3 Å². The van der Waals surface area contributed by atoms with Crippen LogP contribution in [0, 0.1) is 0 Å². The summed E-state index contributed by atoms with van der Waals surface area (Å²) in [5.41, 5.74) is 10.5. The minimum atomic E-state index is 0.644. The molecular formula is C51H29N3O2S. The van der Waals surface area contributed by atoms with E-state index in [1.807, 2.05) is 78.9 Å². The highest BCUT2D eigenvalue weighted by Crippen LogP contribution is 2.48. The van der Waals surface area contributed by atoms with Gasteiger partial charge in [0.25, 0.3) is 0 Å². The molecule has 12 rings (SSSR count). The SMILES string of the molecule is c1ccc(-c2nc(-c3ccccc3)nc(-c3cccc4c3sc3cccc(-c5ccc(-c6cccc7c6oc6ccccc67)c6oc7ccccc7c56)c34)n2)cc1. The van der Waals surface area contributed by atoms with Crippen molar-refractivity contribution < 1.29 is 8.83 Å². The van der Waals surface area contributed by atoms with Crippen LogP contribution in [0.15, 0.2) is 185 Å². The number of hydrogen-bond acceptors (Lipinski definition) is 6. The molecule has 12 aromatic rings. The molecule has 0 radical (unpaired) electrons. The lowest BCUT2D eigenvalue weighted by Crippen LogP contribution is -2.00. The molecule has 0 amide bonds. The highest BCUT2D eigenvalue weighted by atomic mass is 32.1. The van der Waals surface area contributed by atoms with Crippen LogP contribution in [0.2, 0.25) is 0 Å². The Hall–Kier alpha value is -7.41. The van der Waals surface area contributed by atoms with Crippen LogP contribution in [-0.2, 0) is 0 Å². The number of benzene rings is 8. The molecule has 4 aromatic heterocycles. The predicted molar refractivity (Wildman–Crippen MR) is 234 cm³/mol. The highest BCUT2D eigenvalue weighted by molar-refractivity contribution is 7.26. The molecule has 0 fully saturated rings. The van der Waals surface area contributed by atoms with Crippen molar-refractivity contribution >= 4 is 75.4 Å². The van der Waals surface area contributed by atoms with Crippen molar-refractivity contribution in [3.8, 4) is 56.4 Å². The highest BCUT2D eigenvalue weighted by Gasteiger charge is 2.23. The van der Waals surface area contributed by atoms with Crippen LogP contribution in [0.4, 0.5) is 0 Å². The standard InChI is InChI=1S/C51H29N3O2S/c1-3-14-30(15-4-1)49-52-50(31-16-5-2-6-17-31)54-51(53-49)40-24-12-23-39-44-33(20-13-27-43(44)57-48(39)40)34-28-29-37(47-45(34)38-19-8-10-26-42(38)56-47)36-22-11-21-35-32-18-7-9-25-41(32)55-46(35)36/h1-29H. The van der Waals surface area contributed by atoms with Gasteiger partial charge in [-0.15, -0.1) is 11.3 Å². The Morgan fingerprint density at radius 2 is 0.842 bits per heavy atom. The molecule has 6 heteroatoms. The Morgan fingerprint density at radius 3 is 1.60 bits per heavy atom. The Kier molecular flexibility index (Phi) is 7.03. The van der Waals surface area contributed by atoms with Crippen LogP contribution in [0.5, 0.6) is 0 Å². The summed E-state index contributed by atoms with van der Waals surface area (Å²) in [6.07, 6.45) is 0. The van der Waals surface area contributed by atoms with Gasteiger partial charge in [-0.05, 0) is 41.5 Å². The quantitative estimate of drug-likeness (QED) is 0.175. The number of para-hydroxylation sites is 3. The van der Waals surface area contributed by atoms with Crippen molar-refractivity contribution in [2.24, 2.45) is 0 Å². The molecule has 0 unspecified atom stereocenters. The fraction of sp³-hybridized carbons (Fsp3) is 0. The largest absolute Gasteiger partial charge is 0.455 e. The summed E-state index contributed by atoms with van der Waals surface area (Å²) >= 11 is 1.77. The number of furan rings is 2. The lowest BCUT2D eigenvalue weighted by molar-refractivity contribution is 0.665. The molecule has 266 valence electrons. The Labute approximate surface area is 330 Å². The second kappa shape index (κ2) is 12.6. The third kappa shape index (κ3) is 4.98. The zero-order valence-corrected chi connectivity index (χ0v) is 31.1. The van der Waals surface area contributed by atoms with Crippen molar-refractivity contribution in [3.05, 3.63) is 176 Å². The van der Waals surface area contributed by atoms with E-state index in [4.69, 9.17) is 23.8 Å². The molecule has 57 heavy (non-hydrogen) atoms. The molecule has 0 aliphatic heterocycles. The van der Waals surface area contributed by atoms with Gasteiger partial charge in [0.15, 0.2) is 17.5 Å². The molecule has 4 heterocycles. The summed E-state index contributed by atoms with van der Waals surface area (Å²) in [4.78, 5) is 15.2. The lowest BCUT2D eigenvalue weighted by atomic mass is 9.92. The van der Waals surface area contributed by atoms with E-state index in [9.17, 15) is 0 Å². The van der Waals surface area contributed by atoms with Crippen LogP contribution in [0.1, 0.15) is 0 Å². The van der Waals surface area contributed by atoms with E-state index in [1.165, 1.54) is 10.1 Å².